The molecule has 1 aromatic heterocycles. The Bertz CT molecular complexity index is 1210. The van der Waals surface area contributed by atoms with Gasteiger partial charge in [-0.05, 0) is 49.6 Å². The van der Waals surface area contributed by atoms with Crippen molar-refractivity contribution in [2.75, 3.05) is 33.4 Å². The largest absolute Gasteiger partial charge is 0.497 e. The zero-order valence-electron chi connectivity index (χ0n) is 21.1. The molecular formula is C28H31N3O6. The molecule has 9 heteroatoms. The van der Waals surface area contributed by atoms with Crippen LogP contribution in [-0.4, -0.2) is 66.1 Å². The van der Waals surface area contributed by atoms with Crippen LogP contribution in [0.4, 0.5) is 0 Å². The predicted octanol–water partition coefficient (Wildman–Crippen LogP) is 3.79. The van der Waals surface area contributed by atoms with Crippen LogP contribution in [-0.2, 0) is 20.9 Å². The van der Waals surface area contributed by atoms with E-state index < -0.39 is 5.91 Å². The molecular weight excluding hydrogens is 474 g/mol. The van der Waals surface area contributed by atoms with Gasteiger partial charge in [0.05, 0.1) is 19.6 Å². The SMILES string of the molecule is CCOC(=O)[C@@H]1CCCN(C(=O)CN(Cc2ccccc2)C(=O)c2cc(-c3ccc(OC)cc3)on2)C1. The number of aromatic nitrogens is 1. The quantitative estimate of drug-likeness (QED) is 0.408. The minimum Gasteiger partial charge on any atom is -0.497 e. The van der Waals surface area contributed by atoms with E-state index in [1.165, 1.54) is 4.90 Å². The Morgan fingerprint density at radius 3 is 2.57 bits per heavy atom. The van der Waals surface area contributed by atoms with Crippen molar-refractivity contribution in [3.05, 3.63) is 71.9 Å². The van der Waals surface area contributed by atoms with Gasteiger partial charge in [-0.3, -0.25) is 14.4 Å². The molecule has 1 aliphatic heterocycles. The average Bonchev–Trinajstić information content (AvgIpc) is 3.43. The molecule has 0 saturated carbocycles. The number of hydrogen-bond acceptors (Lipinski definition) is 7. The van der Waals surface area contributed by atoms with E-state index in [-0.39, 0.29) is 43.1 Å². The van der Waals surface area contributed by atoms with Crippen molar-refractivity contribution in [1.29, 1.82) is 0 Å². The Labute approximate surface area is 215 Å². The van der Waals surface area contributed by atoms with Gasteiger partial charge in [0.15, 0.2) is 11.5 Å². The molecule has 0 radical (unpaired) electrons. The monoisotopic (exact) mass is 505 g/mol. The molecule has 0 aliphatic carbocycles. The maximum Gasteiger partial charge on any atom is 0.310 e. The van der Waals surface area contributed by atoms with E-state index in [0.717, 1.165) is 11.1 Å². The lowest BCUT2D eigenvalue weighted by atomic mass is 9.98. The maximum atomic E-state index is 13.5. The fourth-order valence-corrected chi connectivity index (χ4v) is 4.35. The Hall–Kier alpha value is -4.14. The first kappa shape index (κ1) is 25.9. The smallest absolute Gasteiger partial charge is 0.310 e. The molecule has 4 rings (SSSR count). The first-order valence-corrected chi connectivity index (χ1v) is 12.4. The molecule has 2 amide bonds. The van der Waals surface area contributed by atoms with E-state index in [0.29, 0.717) is 37.5 Å². The van der Waals surface area contributed by atoms with Crippen molar-refractivity contribution >= 4 is 17.8 Å². The van der Waals surface area contributed by atoms with Crippen molar-refractivity contribution < 1.29 is 28.4 Å². The molecule has 1 saturated heterocycles. The normalized spacial score (nSPS) is 15.2. The van der Waals surface area contributed by atoms with E-state index in [4.69, 9.17) is 14.0 Å². The highest BCUT2D eigenvalue weighted by molar-refractivity contribution is 5.95. The third-order valence-corrected chi connectivity index (χ3v) is 6.33. The van der Waals surface area contributed by atoms with Crippen LogP contribution in [0.1, 0.15) is 35.8 Å². The zero-order chi connectivity index (χ0) is 26.2. The second-order valence-electron chi connectivity index (χ2n) is 8.88. The van der Waals surface area contributed by atoms with Crippen molar-refractivity contribution in [1.82, 2.24) is 15.0 Å². The van der Waals surface area contributed by atoms with Gasteiger partial charge in [-0.25, -0.2) is 0 Å². The second kappa shape index (κ2) is 12.2. The highest BCUT2D eigenvalue weighted by Gasteiger charge is 2.31. The Morgan fingerprint density at radius 1 is 1.11 bits per heavy atom. The summed E-state index contributed by atoms with van der Waals surface area (Å²) >= 11 is 0. The van der Waals surface area contributed by atoms with Crippen LogP contribution in [0, 0.1) is 5.92 Å². The van der Waals surface area contributed by atoms with Gasteiger partial charge in [0.1, 0.15) is 12.3 Å². The number of piperidine rings is 1. The topological polar surface area (TPSA) is 102 Å². The lowest BCUT2D eigenvalue weighted by molar-refractivity contribution is -0.151. The molecule has 0 unspecified atom stereocenters. The summed E-state index contributed by atoms with van der Waals surface area (Å²) in [5.74, 6) is -0.137. The number of carbonyl (C=O) groups is 3. The van der Waals surface area contributed by atoms with Gasteiger partial charge in [-0.15, -0.1) is 0 Å². The molecule has 2 heterocycles. The van der Waals surface area contributed by atoms with Crippen molar-refractivity contribution in [2.45, 2.75) is 26.3 Å². The first-order chi connectivity index (χ1) is 18.0. The lowest BCUT2D eigenvalue weighted by Gasteiger charge is -2.33. The molecule has 2 aromatic carbocycles. The zero-order valence-corrected chi connectivity index (χ0v) is 21.1. The van der Waals surface area contributed by atoms with Crippen molar-refractivity contribution in [3.8, 4) is 17.1 Å². The molecule has 1 atom stereocenters. The molecule has 0 spiro atoms. The number of likely N-dealkylation sites (tertiary alicyclic amines) is 1. The van der Waals surface area contributed by atoms with Gasteiger partial charge >= 0.3 is 5.97 Å². The Morgan fingerprint density at radius 2 is 1.86 bits per heavy atom. The van der Waals surface area contributed by atoms with Crippen molar-refractivity contribution in [2.24, 2.45) is 5.92 Å². The van der Waals surface area contributed by atoms with Crippen LogP contribution in [0.15, 0.2) is 65.2 Å². The van der Waals surface area contributed by atoms with Gasteiger partial charge in [-0.1, -0.05) is 35.5 Å². The minimum atomic E-state index is -0.417. The summed E-state index contributed by atoms with van der Waals surface area (Å²) in [6.45, 7) is 2.98. The molecule has 0 N–H and O–H groups in total. The summed E-state index contributed by atoms with van der Waals surface area (Å²) in [6, 6.07) is 18.2. The summed E-state index contributed by atoms with van der Waals surface area (Å²) in [7, 11) is 1.59. The fourth-order valence-electron chi connectivity index (χ4n) is 4.35. The number of rotatable bonds is 9. The summed E-state index contributed by atoms with van der Waals surface area (Å²) in [5.41, 5.74) is 1.74. The molecule has 1 fully saturated rings. The first-order valence-electron chi connectivity index (χ1n) is 12.4. The van der Waals surface area contributed by atoms with Crippen LogP contribution in [0.25, 0.3) is 11.3 Å². The average molecular weight is 506 g/mol. The number of methoxy groups -OCH3 is 1. The minimum absolute atomic E-state index is 0.109. The number of esters is 1. The summed E-state index contributed by atoms with van der Waals surface area (Å²) in [4.78, 5) is 42.1. The number of ether oxygens (including phenoxy) is 2. The number of nitrogens with zero attached hydrogens (tertiary/aromatic N) is 3. The number of hydrogen-bond donors (Lipinski definition) is 0. The molecule has 194 valence electrons. The highest BCUT2D eigenvalue weighted by atomic mass is 16.5. The van der Waals surface area contributed by atoms with Gasteiger partial charge in [0.25, 0.3) is 5.91 Å². The van der Waals surface area contributed by atoms with E-state index in [9.17, 15) is 14.4 Å². The van der Waals surface area contributed by atoms with E-state index in [1.54, 1.807) is 37.1 Å². The molecule has 1 aliphatic rings. The third kappa shape index (κ3) is 6.55. The molecule has 3 aromatic rings. The highest BCUT2D eigenvalue weighted by Crippen LogP contribution is 2.24. The maximum absolute atomic E-state index is 13.5. The predicted molar refractivity (Wildman–Crippen MR) is 136 cm³/mol. The Balaban J connectivity index is 1.51. The summed E-state index contributed by atoms with van der Waals surface area (Å²) in [5, 5.41) is 3.99. The van der Waals surface area contributed by atoms with Gasteiger partial charge < -0.3 is 23.8 Å². The van der Waals surface area contributed by atoms with Gasteiger partial charge in [0, 0.05) is 31.3 Å². The van der Waals surface area contributed by atoms with E-state index >= 15 is 0 Å². The van der Waals surface area contributed by atoms with Gasteiger partial charge in [0.2, 0.25) is 5.91 Å². The Kier molecular flexibility index (Phi) is 8.56. The molecule has 0 bridgehead atoms. The molecule has 9 nitrogen and oxygen atoms in total. The summed E-state index contributed by atoms with van der Waals surface area (Å²) in [6.07, 6.45) is 1.39. The van der Waals surface area contributed by atoms with E-state index in [1.807, 2.05) is 42.5 Å². The van der Waals surface area contributed by atoms with Crippen LogP contribution < -0.4 is 4.74 Å². The summed E-state index contributed by atoms with van der Waals surface area (Å²) < 4.78 is 15.8. The van der Waals surface area contributed by atoms with Crippen LogP contribution >= 0.6 is 0 Å². The van der Waals surface area contributed by atoms with E-state index in [2.05, 4.69) is 5.16 Å². The van der Waals surface area contributed by atoms with Crippen LogP contribution in [0.2, 0.25) is 0 Å². The number of benzene rings is 2. The standard InChI is InChI=1S/C28H31N3O6/c1-3-36-28(34)22-10-7-15-30(18-22)26(32)19-31(17-20-8-5-4-6-9-20)27(33)24-16-25(37-29-24)21-11-13-23(35-2)14-12-21/h4-6,8-9,11-14,16,22H,3,7,10,15,17-19H2,1-2H3/t22-/m1/s1. The molecule has 37 heavy (non-hydrogen) atoms. The second-order valence-corrected chi connectivity index (χ2v) is 8.88. The van der Waals surface area contributed by atoms with Gasteiger partial charge in [-0.2, -0.15) is 0 Å². The van der Waals surface area contributed by atoms with Crippen molar-refractivity contribution in [3.63, 3.8) is 0 Å². The fraction of sp³-hybridized carbons (Fsp3) is 0.357. The number of carbonyl (C=O) groups excluding carboxylic acids is 3. The number of amides is 2. The van der Waals surface area contributed by atoms with Crippen LogP contribution in [0.5, 0.6) is 5.75 Å². The lowest BCUT2D eigenvalue weighted by Crippen LogP contribution is -2.47. The third-order valence-electron chi connectivity index (χ3n) is 6.33. The van der Waals surface area contributed by atoms with Crippen LogP contribution in [0.3, 0.4) is 0 Å².